The lowest BCUT2D eigenvalue weighted by Gasteiger charge is -2.32. The monoisotopic (exact) mass is 370 g/mol. The zero-order valence-electron chi connectivity index (χ0n) is 13.6. The molecule has 7 heteroatoms. The van der Waals surface area contributed by atoms with Crippen molar-refractivity contribution in [3.05, 3.63) is 29.3 Å². The van der Waals surface area contributed by atoms with Crippen molar-refractivity contribution in [1.82, 2.24) is 4.90 Å². The Morgan fingerprint density at radius 3 is 2.42 bits per heavy atom. The molecule has 1 aromatic rings. The van der Waals surface area contributed by atoms with Crippen molar-refractivity contribution in [3.8, 4) is 0 Å². The molecule has 2 aliphatic rings. The molecule has 0 radical (unpaired) electrons. The number of carbonyl (C=O) groups is 1. The number of nitrogens with two attached hydrogens (primary N) is 1. The van der Waals surface area contributed by atoms with Crippen LogP contribution in [0.5, 0.6) is 0 Å². The predicted octanol–water partition coefficient (Wildman–Crippen LogP) is 2.23. The molecule has 0 spiro atoms. The summed E-state index contributed by atoms with van der Waals surface area (Å²) in [6.07, 6.45) is 3.14. The van der Waals surface area contributed by atoms with Gasteiger partial charge in [0.2, 0.25) is 5.91 Å². The summed E-state index contributed by atoms with van der Waals surface area (Å²) < 4.78 is 25.3. The Balaban J connectivity index is 1.96. The fourth-order valence-electron chi connectivity index (χ4n) is 3.88. The van der Waals surface area contributed by atoms with Crippen molar-refractivity contribution in [2.45, 2.75) is 41.7 Å². The van der Waals surface area contributed by atoms with Gasteiger partial charge in [0.05, 0.1) is 4.90 Å². The highest BCUT2D eigenvalue weighted by Gasteiger charge is 2.55. The number of likely N-dealkylation sites (tertiary alicyclic amines) is 1. The molecule has 0 unspecified atom stereocenters. The first-order valence-corrected chi connectivity index (χ1v) is 10.3. The summed E-state index contributed by atoms with van der Waals surface area (Å²) in [5, 5.41) is 0.478. The molecule has 2 fully saturated rings. The van der Waals surface area contributed by atoms with E-state index in [0.29, 0.717) is 37.5 Å². The molecule has 0 bridgehead atoms. The topological polar surface area (TPSA) is 80.5 Å². The minimum Gasteiger partial charge on any atom is -0.341 e. The van der Waals surface area contributed by atoms with Gasteiger partial charge >= 0.3 is 0 Å². The Morgan fingerprint density at radius 2 is 1.88 bits per heavy atom. The van der Waals surface area contributed by atoms with E-state index in [9.17, 15) is 13.2 Å². The van der Waals surface area contributed by atoms with E-state index in [1.165, 1.54) is 12.1 Å². The summed E-state index contributed by atoms with van der Waals surface area (Å²) in [5.41, 5.74) is 5.70. The third kappa shape index (κ3) is 2.85. The van der Waals surface area contributed by atoms with Crippen LogP contribution in [-0.2, 0) is 14.6 Å². The zero-order valence-corrected chi connectivity index (χ0v) is 15.2. The van der Waals surface area contributed by atoms with Gasteiger partial charge < -0.3 is 10.6 Å². The normalized spacial score (nSPS) is 23.6. The number of sulfone groups is 1. The number of benzene rings is 1. The summed E-state index contributed by atoms with van der Waals surface area (Å²) >= 11 is 5.87. The zero-order chi connectivity index (χ0) is 17.4. The van der Waals surface area contributed by atoms with Gasteiger partial charge in [-0.1, -0.05) is 24.4 Å². The molecule has 5 nitrogen and oxygen atoms in total. The molecule has 1 aromatic carbocycles. The van der Waals surface area contributed by atoms with Gasteiger partial charge in [0.1, 0.15) is 0 Å². The summed E-state index contributed by atoms with van der Waals surface area (Å²) in [4.78, 5) is 15.1. The maximum atomic E-state index is 13.3. The predicted molar refractivity (Wildman–Crippen MR) is 93.6 cm³/mol. The molecule has 1 atom stereocenters. The Labute approximate surface area is 148 Å². The minimum atomic E-state index is -3.76. The average molecular weight is 371 g/mol. The van der Waals surface area contributed by atoms with E-state index in [-0.39, 0.29) is 16.7 Å². The molecule has 0 aromatic heterocycles. The van der Waals surface area contributed by atoms with E-state index < -0.39 is 14.6 Å². The largest absolute Gasteiger partial charge is 0.341 e. The minimum absolute atomic E-state index is 0.178. The Kier molecular flexibility index (Phi) is 4.91. The van der Waals surface area contributed by atoms with Gasteiger partial charge in [-0.15, -0.1) is 0 Å². The second-order valence-corrected chi connectivity index (χ2v) is 9.50. The standard InChI is InChI=1S/C17H23ClN2O3S/c18-14-3-5-15(6-4-14)24(22,23)17(8-1-2-9-17)16(21)20-10-7-13(11-19)12-20/h3-6,13H,1-2,7-12,19H2/t13-/m1/s1. The van der Waals surface area contributed by atoms with Crippen molar-refractivity contribution >= 4 is 27.3 Å². The van der Waals surface area contributed by atoms with Crippen LogP contribution >= 0.6 is 11.6 Å². The number of hydrogen-bond donors (Lipinski definition) is 1. The lowest BCUT2D eigenvalue weighted by Crippen LogP contribution is -2.51. The van der Waals surface area contributed by atoms with Crippen molar-refractivity contribution in [2.75, 3.05) is 19.6 Å². The first-order valence-electron chi connectivity index (χ1n) is 8.40. The van der Waals surface area contributed by atoms with Crippen LogP contribution in [0.1, 0.15) is 32.1 Å². The SMILES string of the molecule is NC[C@H]1CCN(C(=O)C2(S(=O)(=O)c3ccc(Cl)cc3)CCCC2)C1. The van der Waals surface area contributed by atoms with Gasteiger partial charge in [0, 0.05) is 18.1 Å². The van der Waals surface area contributed by atoms with E-state index in [0.717, 1.165) is 19.3 Å². The molecule has 1 aliphatic heterocycles. The number of halogens is 1. The molecule has 2 N–H and O–H groups in total. The molecular weight excluding hydrogens is 348 g/mol. The number of amides is 1. The van der Waals surface area contributed by atoms with Gasteiger partial charge in [-0.2, -0.15) is 0 Å². The molecule has 132 valence electrons. The van der Waals surface area contributed by atoms with Crippen molar-refractivity contribution in [1.29, 1.82) is 0 Å². The number of carbonyl (C=O) groups excluding carboxylic acids is 1. The van der Waals surface area contributed by atoms with Crippen LogP contribution in [0.25, 0.3) is 0 Å². The highest BCUT2D eigenvalue weighted by molar-refractivity contribution is 7.93. The van der Waals surface area contributed by atoms with Crippen LogP contribution in [0.2, 0.25) is 5.02 Å². The Bertz CT molecular complexity index is 712. The molecule has 1 aliphatic carbocycles. The quantitative estimate of drug-likeness (QED) is 0.881. The molecule has 1 saturated carbocycles. The van der Waals surface area contributed by atoms with E-state index in [1.807, 2.05) is 0 Å². The van der Waals surface area contributed by atoms with E-state index >= 15 is 0 Å². The van der Waals surface area contributed by atoms with Crippen LogP contribution in [0.15, 0.2) is 29.2 Å². The summed E-state index contributed by atoms with van der Waals surface area (Å²) in [6, 6.07) is 6.11. The van der Waals surface area contributed by atoms with Crippen LogP contribution in [0.3, 0.4) is 0 Å². The van der Waals surface area contributed by atoms with Crippen LogP contribution in [-0.4, -0.2) is 43.6 Å². The lowest BCUT2D eigenvalue weighted by atomic mass is 10.1. The summed E-state index contributed by atoms with van der Waals surface area (Å²) in [6.45, 7) is 1.69. The molecule has 1 heterocycles. The smallest absolute Gasteiger partial charge is 0.244 e. The third-order valence-electron chi connectivity index (χ3n) is 5.35. The van der Waals surface area contributed by atoms with Crippen molar-refractivity contribution in [2.24, 2.45) is 11.7 Å². The van der Waals surface area contributed by atoms with E-state index in [2.05, 4.69) is 0 Å². The highest BCUT2D eigenvalue weighted by atomic mass is 35.5. The Hall–Kier alpha value is -1.11. The number of rotatable bonds is 4. The maximum absolute atomic E-state index is 13.3. The fourth-order valence-corrected chi connectivity index (χ4v) is 6.14. The third-order valence-corrected chi connectivity index (χ3v) is 8.10. The van der Waals surface area contributed by atoms with Gasteiger partial charge in [0.15, 0.2) is 14.6 Å². The van der Waals surface area contributed by atoms with Gasteiger partial charge in [-0.05, 0) is 56.0 Å². The van der Waals surface area contributed by atoms with Crippen LogP contribution in [0, 0.1) is 5.92 Å². The number of nitrogens with zero attached hydrogens (tertiary/aromatic N) is 1. The first-order chi connectivity index (χ1) is 11.4. The molecule has 3 rings (SSSR count). The summed E-state index contributed by atoms with van der Waals surface area (Å²) in [7, 11) is -3.76. The highest BCUT2D eigenvalue weighted by Crippen LogP contribution is 2.42. The molecule has 1 amide bonds. The maximum Gasteiger partial charge on any atom is 0.244 e. The van der Waals surface area contributed by atoms with E-state index in [1.54, 1.807) is 17.0 Å². The fraction of sp³-hybridized carbons (Fsp3) is 0.588. The van der Waals surface area contributed by atoms with Gasteiger partial charge in [0.25, 0.3) is 0 Å². The van der Waals surface area contributed by atoms with Gasteiger partial charge in [-0.3, -0.25) is 4.79 Å². The van der Waals surface area contributed by atoms with E-state index in [4.69, 9.17) is 17.3 Å². The Morgan fingerprint density at radius 1 is 1.25 bits per heavy atom. The number of hydrogen-bond acceptors (Lipinski definition) is 4. The average Bonchev–Trinajstić information content (AvgIpc) is 3.25. The van der Waals surface area contributed by atoms with Crippen molar-refractivity contribution in [3.63, 3.8) is 0 Å². The molecular formula is C17H23ClN2O3S. The first kappa shape index (κ1) is 17.7. The summed E-state index contributed by atoms with van der Waals surface area (Å²) in [5.74, 6) is 0.0246. The second-order valence-electron chi connectivity index (χ2n) is 6.80. The van der Waals surface area contributed by atoms with Gasteiger partial charge in [-0.25, -0.2) is 8.42 Å². The molecule has 24 heavy (non-hydrogen) atoms. The van der Waals surface area contributed by atoms with Crippen LogP contribution in [0.4, 0.5) is 0 Å². The van der Waals surface area contributed by atoms with Crippen LogP contribution < -0.4 is 5.73 Å². The lowest BCUT2D eigenvalue weighted by molar-refractivity contribution is -0.133. The molecule has 1 saturated heterocycles. The second kappa shape index (κ2) is 6.65. The van der Waals surface area contributed by atoms with Crippen molar-refractivity contribution < 1.29 is 13.2 Å².